The molecule has 0 saturated heterocycles. The molecule has 0 aliphatic heterocycles. The number of rotatable bonds is 5. The van der Waals surface area contributed by atoms with Crippen LogP contribution in [0.4, 0.5) is 0 Å². The first-order valence-corrected chi connectivity index (χ1v) is 8.51. The normalized spacial score (nSPS) is 29.1. The average molecular weight is 267 g/mol. The molecule has 2 heteroatoms. The number of hydrogen-bond donors (Lipinski definition) is 1. The van der Waals surface area contributed by atoms with E-state index in [4.69, 9.17) is 4.74 Å². The van der Waals surface area contributed by atoms with Gasteiger partial charge in [0.25, 0.3) is 0 Å². The van der Waals surface area contributed by atoms with E-state index < -0.39 is 0 Å². The monoisotopic (exact) mass is 267 g/mol. The van der Waals surface area contributed by atoms with Crippen LogP contribution in [0.5, 0.6) is 0 Å². The summed E-state index contributed by atoms with van der Waals surface area (Å²) in [5.41, 5.74) is 0.565. The van der Waals surface area contributed by atoms with E-state index >= 15 is 0 Å². The van der Waals surface area contributed by atoms with Crippen molar-refractivity contribution in [1.82, 2.24) is 5.32 Å². The van der Waals surface area contributed by atoms with Crippen molar-refractivity contribution in [2.24, 2.45) is 5.41 Å². The molecule has 0 aromatic rings. The van der Waals surface area contributed by atoms with Crippen molar-refractivity contribution in [2.75, 3.05) is 13.2 Å². The second-order valence-corrected chi connectivity index (χ2v) is 7.38. The van der Waals surface area contributed by atoms with Gasteiger partial charge in [0.15, 0.2) is 0 Å². The van der Waals surface area contributed by atoms with Crippen LogP contribution in [-0.2, 0) is 4.74 Å². The lowest BCUT2D eigenvalue weighted by Crippen LogP contribution is -2.33. The minimum Gasteiger partial charge on any atom is -0.377 e. The van der Waals surface area contributed by atoms with Gasteiger partial charge in [-0.25, -0.2) is 0 Å². The van der Waals surface area contributed by atoms with Gasteiger partial charge in [-0.1, -0.05) is 39.5 Å². The van der Waals surface area contributed by atoms with Crippen molar-refractivity contribution >= 4 is 0 Å². The Kier molecular flexibility index (Phi) is 6.15. The maximum atomic E-state index is 5.98. The molecule has 1 atom stereocenters. The molecule has 2 fully saturated rings. The largest absolute Gasteiger partial charge is 0.377 e. The van der Waals surface area contributed by atoms with Crippen LogP contribution in [0.25, 0.3) is 0 Å². The molecule has 0 aromatic carbocycles. The summed E-state index contributed by atoms with van der Waals surface area (Å²) >= 11 is 0. The summed E-state index contributed by atoms with van der Waals surface area (Å²) in [5, 5.41) is 3.71. The third-order valence-corrected chi connectivity index (χ3v) is 5.02. The Bertz CT molecular complexity index is 246. The average Bonchev–Trinajstić information content (AvgIpc) is 2.57. The molecule has 0 radical (unpaired) electrons. The number of nitrogens with one attached hydrogen (secondary N) is 1. The fourth-order valence-corrected chi connectivity index (χ4v) is 3.59. The summed E-state index contributed by atoms with van der Waals surface area (Å²) in [5.74, 6) is 0. The van der Waals surface area contributed by atoms with E-state index in [-0.39, 0.29) is 0 Å². The van der Waals surface area contributed by atoms with Gasteiger partial charge in [-0.15, -0.1) is 0 Å². The molecule has 19 heavy (non-hydrogen) atoms. The van der Waals surface area contributed by atoms with Crippen LogP contribution < -0.4 is 5.32 Å². The van der Waals surface area contributed by atoms with Gasteiger partial charge >= 0.3 is 0 Å². The maximum absolute atomic E-state index is 5.98. The summed E-state index contributed by atoms with van der Waals surface area (Å²) in [7, 11) is 0. The first-order chi connectivity index (χ1) is 9.16. The minimum atomic E-state index is 0.559. The molecule has 112 valence electrons. The standard InChI is InChI=1S/C17H33NO/c1-17(2)11-6-7-15(10-12-17)18-13-14-19-16-8-4-3-5-9-16/h15-16,18H,3-14H2,1-2H3. The van der Waals surface area contributed by atoms with Gasteiger partial charge in [0.1, 0.15) is 0 Å². The third kappa shape index (κ3) is 5.83. The molecule has 1 N–H and O–H groups in total. The predicted molar refractivity (Wildman–Crippen MR) is 81.5 cm³/mol. The van der Waals surface area contributed by atoms with Crippen LogP contribution in [0.2, 0.25) is 0 Å². The van der Waals surface area contributed by atoms with E-state index in [2.05, 4.69) is 19.2 Å². The highest BCUT2D eigenvalue weighted by Crippen LogP contribution is 2.33. The second kappa shape index (κ2) is 7.64. The van der Waals surface area contributed by atoms with Gasteiger partial charge in [-0.05, 0) is 43.9 Å². The SMILES string of the molecule is CC1(C)CCCC(NCCOC2CCCCC2)CC1. The molecule has 2 saturated carbocycles. The van der Waals surface area contributed by atoms with E-state index in [1.807, 2.05) is 0 Å². The van der Waals surface area contributed by atoms with Crippen LogP contribution in [0.1, 0.15) is 78.1 Å². The highest BCUT2D eigenvalue weighted by molar-refractivity contribution is 4.79. The summed E-state index contributed by atoms with van der Waals surface area (Å²) in [4.78, 5) is 0. The molecular weight excluding hydrogens is 234 g/mol. The zero-order valence-electron chi connectivity index (χ0n) is 13.0. The van der Waals surface area contributed by atoms with Gasteiger partial charge < -0.3 is 10.1 Å². The molecule has 1 unspecified atom stereocenters. The predicted octanol–water partition coefficient (Wildman–Crippen LogP) is 4.28. The summed E-state index contributed by atoms with van der Waals surface area (Å²) in [6, 6.07) is 0.733. The Morgan fingerprint density at radius 2 is 1.74 bits per heavy atom. The highest BCUT2D eigenvalue weighted by Gasteiger charge is 2.23. The van der Waals surface area contributed by atoms with Crippen LogP contribution in [0, 0.1) is 5.41 Å². The van der Waals surface area contributed by atoms with Gasteiger partial charge in [-0.3, -0.25) is 0 Å². The lowest BCUT2D eigenvalue weighted by atomic mass is 9.85. The number of ether oxygens (including phenoxy) is 1. The molecule has 2 aliphatic carbocycles. The first-order valence-electron chi connectivity index (χ1n) is 8.51. The Morgan fingerprint density at radius 1 is 0.947 bits per heavy atom. The Hall–Kier alpha value is -0.0800. The first kappa shape index (κ1) is 15.3. The van der Waals surface area contributed by atoms with Crippen molar-refractivity contribution in [3.63, 3.8) is 0 Å². The molecule has 2 aliphatic rings. The number of hydrogen-bond acceptors (Lipinski definition) is 2. The fraction of sp³-hybridized carbons (Fsp3) is 1.00. The van der Waals surface area contributed by atoms with Crippen LogP contribution >= 0.6 is 0 Å². The summed E-state index contributed by atoms with van der Waals surface area (Å²) < 4.78 is 5.98. The molecule has 2 nitrogen and oxygen atoms in total. The lowest BCUT2D eigenvalue weighted by molar-refractivity contribution is 0.0292. The zero-order chi connectivity index (χ0) is 13.6. The molecule has 0 amide bonds. The van der Waals surface area contributed by atoms with Gasteiger partial charge in [0.2, 0.25) is 0 Å². The lowest BCUT2D eigenvalue weighted by Gasteiger charge is -2.23. The smallest absolute Gasteiger partial charge is 0.0594 e. The van der Waals surface area contributed by atoms with E-state index in [9.17, 15) is 0 Å². The fourth-order valence-electron chi connectivity index (χ4n) is 3.59. The van der Waals surface area contributed by atoms with E-state index in [0.29, 0.717) is 11.5 Å². The van der Waals surface area contributed by atoms with E-state index in [0.717, 1.165) is 19.2 Å². The van der Waals surface area contributed by atoms with Crippen molar-refractivity contribution in [3.8, 4) is 0 Å². The van der Waals surface area contributed by atoms with E-state index in [1.165, 1.54) is 64.2 Å². The van der Waals surface area contributed by atoms with Crippen molar-refractivity contribution in [3.05, 3.63) is 0 Å². The molecular formula is C17H33NO. The van der Waals surface area contributed by atoms with Gasteiger partial charge in [0.05, 0.1) is 12.7 Å². The Labute approximate surface area is 119 Å². The van der Waals surface area contributed by atoms with Crippen molar-refractivity contribution < 1.29 is 4.74 Å². The molecule has 2 rings (SSSR count). The second-order valence-electron chi connectivity index (χ2n) is 7.38. The quantitative estimate of drug-likeness (QED) is 0.593. The molecule has 0 aromatic heterocycles. The Morgan fingerprint density at radius 3 is 2.53 bits per heavy atom. The third-order valence-electron chi connectivity index (χ3n) is 5.02. The minimum absolute atomic E-state index is 0.559. The summed E-state index contributed by atoms with van der Waals surface area (Å²) in [6.07, 6.45) is 14.1. The van der Waals surface area contributed by atoms with Crippen molar-refractivity contribution in [1.29, 1.82) is 0 Å². The van der Waals surface area contributed by atoms with E-state index in [1.54, 1.807) is 0 Å². The van der Waals surface area contributed by atoms with Gasteiger partial charge in [-0.2, -0.15) is 0 Å². The Balaban J connectivity index is 1.55. The molecule has 0 spiro atoms. The van der Waals surface area contributed by atoms with Crippen LogP contribution in [0.15, 0.2) is 0 Å². The molecule has 0 bridgehead atoms. The maximum Gasteiger partial charge on any atom is 0.0594 e. The summed E-state index contributed by atoms with van der Waals surface area (Å²) in [6.45, 7) is 6.79. The van der Waals surface area contributed by atoms with Crippen LogP contribution in [-0.4, -0.2) is 25.3 Å². The van der Waals surface area contributed by atoms with Gasteiger partial charge in [0, 0.05) is 12.6 Å². The topological polar surface area (TPSA) is 21.3 Å². The zero-order valence-corrected chi connectivity index (χ0v) is 13.0. The van der Waals surface area contributed by atoms with Crippen molar-refractivity contribution in [2.45, 2.75) is 90.2 Å². The highest BCUT2D eigenvalue weighted by atomic mass is 16.5. The van der Waals surface area contributed by atoms with Crippen LogP contribution in [0.3, 0.4) is 0 Å². The molecule has 0 heterocycles.